The van der Waals surface area contributed by atoms with Gasteiger partial charge >= 0.3 is 0 Å². The number of aromatic nitrogens is 2. The van der Waals surface area contributed by atoms with Crippen LogP contribution in [0.1, 0.15) is 17.4 Å². The lowest BCUT2D eigenvalue weighted by Crippen LogP contribution is -2.57. The van der Waals surface area contributed by atoms with Crippen LogP contribution in [0.4, 0.5) is 0 Å². The van der Waals surface area contributed by atoms with Crippen LogP contribution in [-0.4, -0.2) is 53.1 Å². The molecule has 2 aromatic rings. The van der Waals surface area contributed by atoms with E-state index in [0.717, 1.165) is 15.4 Å². The van der Waals surface area contributed by atoms with E-state index < -0.39 is 15.1 Å². The van der Waals surface area contributed by atoms with Crippen molar-refractivity contribution in [3.63, 3.8) is 0 Å². The van der Waals surface area contributed by atoms with Crippen molar-refractivity contribution in [2.45, 2.75) is 12.2 Å². The zero-order valence-corrected chi connectivity index (χ0v) is 14.7. The van der Waals surface area contributed by atoms with Crippen LogP contribution in [0, 0.1) is 0 Å². The van der Waals surface area contributed by atoms with Crippen LogP contribution >= 0.6 is 15.9 Å². The van der Waals surface area contributed by atoms with Gasteiger partial charge in [-0.15, -0.1) is 0 Å². The van der Waals surface area contributed by atoms with E-state index in [0.29, 0.717) is 5.69 Å². The van der Waals surface area contributed by atoms with Gasteiger partial charge in [-0.3, -0.25) is 9.48 Å². The molecular formula is C14H16BrN3O3S. The van der Waals surface area contributed by atoms with Crippen molar-refractivity contribution in [1.82, 2.24) is 14.7 Å². The molecule has 1 aliphatic heterocycles. The van der Waals surface area contributed by atoms with Gasteiger partial charge in [0.1, 0.15) is 5.69 Å². The van der Waals surface area contributed by atoms with Crippen molar-refractivity contribution >= 4 is 42.6 Å². The Morgan fingerprint density at radius 3 is 2.73 bits per heavy atom. The van der Waals surface area contributed by atoms with Crippen molar-refractivity contribution in [2.24, 2.45) is 7.05 Å². The second-order valence-corrected chi connectivity index (χ2v) is 8.90. The zero-order chi connectivity index (χ0) is 16.1. The van der Waals surface area contributed by atoms with E-state index in [4.69, 9.17) is 0 Å². The number of nitrogens with zero attached hydrogens (tertiary/aromatic N) is 3. The molecule has 2 heterocycles. The molecule has 0 radical (unpaired) electrons. The maximum absolute atomic E-state index is 12.6. The molecule has 1 aliphatic rings. The van der Waals surface area contributed by atoms with Crippen molar-refractivity contribution in [3.8, 4) is 0 Å². The largest absolute Gasteiger partial charge is 0.335 e. The van der Waals surface area contributed by atoms with Crippen LogP contribution in [0.25, 0.3) is 10.9 Å². The fourth-order valence-electron chi connectivity index (χ4n) is 2.64. The van der Waals surface area contributed by atoms with Gasteiger partial charge in [-0.25, -0.2) is 8.42 Å². The predicted octanol–water partition coefficient (Wildman–Crippen LogP) is 1.59. The van der Waals surface area contributed by atoms with Gasteiger partial charge in [-0.1, -0.05) is 22.9 Å². The summed E-state index contributed by atoms with van der Waals surface area (Å²) in [5, 5.41) is 4.68. The SMILES string of the molecule is CCS(=O)(=O)C1CN(C(=O)c2c3ccc(Br)cc3nn2C)C1. The van der Waals surface area contributed by atoms with E-state index in [1.807, 2.05) is 18.2 Å². The molecule has 6 nitrogen and oxygen atoms in total. The molecule has 1 aromatic carbocycles. The summed E-state index contributed by atoms with van der Waals surface area (Å²) >= 11 is 3.38. The number of fused-ring (bicyclic) bond motifs is 1. The normalized spacial score (nSPS) is 16.0. The second kappa shape index (κ2) is 5.34. The van der Waals surface area contributed by atoms with E-state index in [1.165, 1.54) is 0 Å². The van der Waals surface area contributed by atoms with Crippen molar-refractivity contribution < 1.29 is 13.2 Å². The fourth-order valence-corrected chi connectivity index (χ4v) is 4.28. The average molecular weight is 386 g/mol. The number of amides is 1. The third-order valence-corrected chi connectivity index (χ3v) is 6.66. The van der Waals surface area contributed by atoms with Crippen molar-refractivity contribution in [1.29, 1.82) is 0 Å². The molecule has 118 valence electrons. The quantitative estimate of drug-likeness (QED) is 0.803. The lowest BCUT2D eigenvalue weighted by molar-refractivity contribution is 0.0649. The first-order valence-corrected chi connectivity index (χ1v) is 9.47. The number of hydrogen-bond donors (Lipinski definition) is 0. The first-order valence-electron chi connectivity index (χ1n) is 6.96. The average Bonchev–Trinajstić information content (AvgIpc) is 2.71. The lowest BCUT2D eigenvalue weighted by Gasteiger charge is -2.38. The maximum atomic E-state index is 12.6. The summed E-state index contributed by atoms with van der Waals surface area (Å²) in [6.45, 7) is 2.16. The molecule has 0 atom stereocenters. The molecule has 0 saturated carbocycles. The minimum atomic E-state index is -3.08. The van der Waals surface area contributed by atoms with Gasteiger partial charge in [0.05, 0.1) is 10.8 Å². The summed E-state index contributed by atoms with van der Waals surface area (Å²) in [5.74, 6) is -0.0580. The number of sulfone groups is 1. The van der Waals surface area contributed by atoms with Gasteiger partial charge in [-0.05, 0) is 18.2 Å². The van der Waals surface area contributed by atoms with Crippen LogP contribution in [0.3, 0.4) is 0 Å². The standard InChI is InChI=1S/C14H16BrN3O3S/c1-3-22(20,21)10-7-18(8-10)14(19)13-11-5-4-9(15)6-12(11)16-17(13)2/h4-6,10H,3,7-8H2,1-2H3. The molecule has 1 saturated heterocycles. The Morgan fingerprint density at radius 1 is 1.41 bits per heavy atom. The Labute approximate surface area is 137 Å². The Bertz CT molecular complexity index is 854. The molecular weight excluding hydrogens is 370 g/mol. The van der Waals surface area contributed by atoms with E-state index in [9.17, 15) is 13.2 Å². The summed E-state index contributed by atoms with van der Waals surface area (Å²) in [4.78, 5) is 14.2. The van der Waals surface area contributed by atoms with Gasteiger partial charge in [0, 0.05) is 35.7 Å². The smallest absolute Gasteiger partial charge is 0.272 e. The first kappa shape index (κ1) is 15.5. The molecule has 0 unspecified atom stereocenters. The molecule has 0 bridgehead atoms. The lowest BCUT2D eigenvalue weighted by atomic mass is 10.1. The molecule has 3 rings (SSSR count). The predicted molar refractivity (Wildman–Crippen MR) is 87.6 cm³/mol. The number of rotatable bonds is 3. The van der Waals surface area contributed by atoms with Crippen LogP contribution in [0.15, 0.2) is 22.7 Å². The second-order valence-electron chi connectivity index (χ2n) is 5.42. The molecule has 1 amide bonds. The molecule has 1 fully saturated rings. The summed E-state index contributed by atoms with van der Waals surface area (Å²) in [7, 11) is -1.35. The molecule has 8 heteroatoms. The van der Waals surface area contributed by atoms with Gasteiger partial charge in [0.15, 0.2) is 9.84 Å². The number of halogens is 1. The van der Waals surface area contributed by atoms with E-state index in [2.05, 4.69) is 21.0 Å². The van der Waals surface area contributed by atoms with E-state index >= 15 is 0 Å². The summed E-state index contributed by atoms with van der Waals surface area (Å²) in [6, 6.07) is 5.56. The highest BCUT2D eigenvalue weighted by molar-refractivity contribution is 9.10. The maximum Gasteiger partial charge on any atom is 0.272 e. The molecule has 0 N–H and O–H groups in total. The highest BCUT2D eigenvalue weighted by atomic mass is 79.9. The molecule has 22 heavy (non-hydrogen) atoms. The van der Waals surface area contributed by atoms with Crippen molar-refractivity contribution in [3.05, 3.63) is 28.4 Å². The monoisotopic (exact) mass is 385 g/mol. The van der Waals surface area contributed by atoms with Crippen molar-refractivity contribution in [2.75, 3.05) is 18.8 Å². The Morgan fingerprint density at radius 2 is 2.09 bits per heavy atom. The molecule has 0 spiro atoms. The van der Waals surface area contributed by atoms with E-state index in [-0.39, 0.29) is 24.7 Å². The minimum absolute atomic E-state index is 0.113. The Balaban J connectivity index is 1.87. The molecule has 0 aliphatic carbocycles. The number of carbonyl (C=O) groups excluding carboxylic acids is 1. The number of hydrogen-bond acceptors (Lipinski definition) is 4. The topological polar surface area (TPSA) is 72.3 Å². The summed E-state index contributed by atoms with van der Waals surface area (Å²) < 4.78 is 26.0. The Hall–Kier alpha value is -1.41. The number of aryl methyl sites for hydroxylation is 1. The number of likely N-dealkylation sites (tertiary alicyclic amines) is 1. The number of benzene rings is 1. The Kier molecular flexibility index (Phi) is 3.76. The van der Waals surface area contributed by atoms with Crippen LogP contribution in [-0.2, 0) is 16.9 Å². The third kappa shape index (κ3) is 2.44. The fraction of sp³-hybridized carbons (Fsp3) is 0.429. The van der Waals surface area contributed by atoms with Crippen LogP contribution in [0.5, 0.6) is 0 Å². The minimum Gasteiger partial charge on any atom is -0.335 e. The van der Waals surface area contributed by atoms with E-state index in [1.54, 1.807) is 23.6 Å². The molecule has 1 aromatic heterocycles. The van der Waals surface area contributed by atoms with Crippen LogP contribution in [0.2, 0.25) is 0 Å². The van der Waals surface area contributed by atoms with Gasteiger partial charge in [0.2, 0.25) is 0 Å². The first-order chi connectivity index (χ1) is 10.3. The highest BCUT2D eigenvalue weighted by Gasteiger charge is 2.40. The van der Waals surface area contributed by atoms with Gasteiger partial charge in [-0.2, -0.15) is 5.10 Å². The highest BCUT2D eigenvalue weighted by Crippen LogP contribution is 2.26. The van der Waals surface area contributed by atoms with Crippen LogP contribution < -0.4 is 0 Å². The van der Waals surface area contributed by atoms with Gasteiger partial charge in [0.25, 0.3) is 5.91 Å². The summed E-state index contributed by atoms with van der Waals surface area (Å²) in [6.07, 6.45) is 0. The number of carbonyl (C=O) groups is 1. The zero-order valence-electron chi connectivity index (χ0n) is 12.3. The van der Waals surface area contributed by atoms with Gasteiger partial charge < -0.3 is 4.90 Å². The summed E-state index contributed by atoms with van der Waals surface area (Å²) in [5.41, 5.74) is 1.23. The third-order valence-electron chi connectivity index (χ3n) is 4.04.